The van der Waals surface area contributed by atoms with Gasteiger partial charge in [-0.05, 0) is 40.5 Å². The van der Waals surface area contributed by atoms with Gasteiger partial charge in [0, 0.05) is 0 Å². The Morgan fingerprint density at radius 2 is 1.00 bits per heavy atom. The van der Waals surface area contributed by atoms with Gasteiger partial charge in [-0.3, -0.25) is 0 Å². The van der Waals surface area contributed by atoms with Gasteiger partial charge in [0.1, 0.15) is 0 Å². The minimum Gasteiger partial charge on any atom is -0.373 e. The summed E-state index contributed by atoms with van der Waals surface area (Å²) in [6.07, 6.45) is 2.06. The molecule has 0 rings (SSSR count). The molecule has 0 bridgehead atoms. The Morgan fingerprint density at radius 3 is 1.21 bits per heavy atom. The van der Waals surface area contributed by atoms with Crippen LogP contribution >= 0.6 is 0 Å². The van der Waals surface area contributed by atoms with Crippen molar-refractivity contribution in [3.05, 3.63) is 0 Å². The van der Waals surface area contributed by atoms with E-state index in [4.69, 9.17) is 9.47 Å². The fraction of sp³-hybridized carbons (Fsp3) is 1.00. The molecule has 0 fully saturated rings. The van der Waals surface area contributed by atoms with Gasteiger partial charge < -0.3 is 9.47 Å². The standard InChI is InChI=1S/C12H26O2/c1-7-11(3,4)13-9-10-14-12(5,6)8-2/h7-10H2,1-6H3. The zero-order valence-corrected chi connectivity index (χ0v) is 10.6. The predicted octanol–water partition coefficient (Wildman–Crippen LogP) is 3.40. The number of ether oxygens (including phenoxy) is 2. The van der Waals surface area contributed by atoms with E-state index in [0.717, 1.165) is 12.8 Å². The summed E-state index contributed by atoms with van der Waals surface area (Å²) >= 11 is 0. The van der Waals surface area contributed by atoms with Gasteiger partial charge in [-0.25, -0.2) is 0 Å². The van der Waals surface area contributed by atoms with E-state index in [1.807, 2.05) is 0 Å². The lowest BCUT2D eigenvalue weighted by Gasteiger charge is -2.27. The highest BCUT2D eigenvalue weighted by atomic mass is 16.5. The average Bonchev–Trinajstić information content (AvgIpc) is 2.13. The third kappa shape index (κ3) is 6.39. The molecule has 0 unspecified atom stereocenters. The highest BCUT2D eigenvalue weighted by Crippen LogP contribution is 2.15. The van der Waals surface area contributed by atoms with E-state index in [9.17, 15) is 0 Å². The van der Waals surface area contributed by atoms with Crippen LogP contribution in [0.3, 0.4) is 0 Å². The highest BCUT2D eigenvalue weighted by Gasteiger charge is 2.17. The molecule has 2 heteroatoms. The number of hydrogen-bond acceptors (Lipinski definition) is 2. The third-order valence-corrected chi connectivity index (χ3v) is 2.77. The van der Waals surface area contributed by atoms with Crippen molar-refractivity contribution in [1.82, 2.24) is 0 Å². The van der Waals surface area contributed by atoms with Gasteiger partial charge in [-0.1, -0.05) is 13.8 Å². The van der Waals surface area contributed by atoms with Crippen LogP contribution in [-0.4, -0.2) is 24.4 Å². The molecular weight excluding hydrogens is 176 g/mol. The van der Waals surface area contributed by atoms with Crippen LogP contribution in [0.25, 0.3) is 0 Å². The molecule has 0 radical (unpaired) electrons. The fourth-order valence-electron chi connectivity index (χ4n) is 0.840. The lowest BCUT2D eigenvalue weighted by atomic mass is 10.1. The molecule has 0 atom stereocenters. The third-order valence-electron chi connectivity index (χ3n) is 2.77. The summed E-state index contributed by atoms with van der Waals surface area (Å²) in [5, 5.41) is 0. The maximum atomic E-state index is 5.69. The summed E-state index contributed by atoms with van der Waals surface area (Å²) < 4.78 is 11.4. The predicted molar refractivity (Wildman–Crippen MR) is 60.6 cm³/mol. The Hall–Kier alpha value is -0.0800. The molecule has 0 amide bonds. The lowest BCUT2D eigenvalue weighted by Crippen LogP contribution is -2.29. The van der Waals surface area contributed by atoms with Crippen molar-refractivity contribution in [2.75, 3.05) is 13.2 Å². The van der Waals surface area contributed by atoms with Gasteiger partial charge in [0.05, 0.1) is 24.4 Å². The Kier molecular flexibility index (Phi) is 5.68. The Morgan fingerprint density at radius 1 is 0.714 bits per heavy atom. The summed E-state index contributed by atoms with van der Waals surface area (Å²) in [5.74, 6) is 0. The van der Waals surface area contributed by atoms with Gasteiger partial charge in [-0.15, -0.1) is 0 Å². The van der Waals surface area contributed by atoms with Crippen molar-refractivity contribution >= 4 is 0 Å². The van der Waals surface area contributed by atoms with E-state index in [0.29, 0.717) is 13.2 Å². The summed E-state index contributed by atoms with van der Waals surface area (Å²) in [6, 6.07) is 0. The molecule has 0 aromatic heterocycles. The van der Waals surface area contributed by atoms with Gasteiger partial charge in [0.15, 0.2) is 0 Å². The molecule has 0 heterocycles. The van der Waals surface area contributed by atoms with Crippen molar-refractivity contribution in [1.29, 1.82) is 0 Å². The largest absolute Gasteiger partial charge is 0.373 e. The van der Waals surface area contributed by atoms with Crippen molar-refractivity contribution < 1.29 is 9.47 Å². The van der Waals surface area contributed by atoms with Gasteiger partial charge >= 0.3 is 0 Å². The van der Waals surface area contributed by atoms with Crippen molar-refractivity contribution in [2.45, 2.75) is 65.6 Å². The van der Waals surface area contributed by atoms with E-state index in [-0.39, 0.29) is 11.2 Å². The first kappa shape index (κ1) is 13.9. The number of rotatable bonds is 7. The molecule has 86 valence electrons. The number of hydrogen-bond donors (Lipinski definition) is 0. The van der Waals surface area contributed by atoms with Crippen LogP contribution in [0.2, 0.25) is 0 Å². The van der Waals surface area contributed by atoms with Gasteiger partial charge in [-0.2, -0.15) is 0 Å². The first-order valence-corrected chi connectivity index (χ1v) is 5.61. The first-order valence-electron chi connectivity index (χ1n) is 5.61. The van der Waals surface area contributed by atoms with E-state index in [2.05, 4.69) is 41.5 Å². The second-order valence-corrected chi connectivity index (χ2v) is 4.92. The molecular formula is C12H26O2. The molecule has 0 saturated carbocycles. The molecule has 2 nitrogen and oxygen atoms in total. The molecule has 0 aliphatic heterocycles. The molecule has 0 N–H and O–H groups in total. The van der Waals surface area contributed by atoms with Crippen molar-refractivity contribution in [2.24, 2.45) is 0 Å². The normalized spacial score (nSPS) is 13.3. The second-order valence-electron chi connectivity index (χ2n) is 4.92. The minimum absolute atomic E-state index is 0.0142. The lowest BCUT2D eigenvalue weighted by molar-refractivity contribution is -0.0859. The second kappa shape index (κ2) is 5.72. The summed E-state index contributed by atoms with van der Waals surface area (Å²) in [6.45, 7) is 14.1. The monoisotopic (exact) mass is 202 g/mol. The molecule has 14 heavy (non-hydrogen) atoms. The molecule has 0 aromatic rings. The molecule has 0 spiro atoms. The van der Waals surface area contributed by atoms with Crippen LogP contribution in [0.5, 0.6) is 0 Å². The van der Waals surface area contributed by atoms with Gasteiger partial charge in [0.25, 0.3) is 0 Å². The van der Waals surface area contributed by atoms with Crippen LogP contribution in [0, 0.1) is 0 Å². The average molecular weight is 202 g/mol. The van der Waals surface area contributed by atoms with Crippen molar-refractivity contribution in [3.8, 4) is 0 Å². The summed E-state index contributed by atoms with van der Waals surface area (Å²) in [7, 11) is 0. The minimum atomic E-state index is -0.0142. The van der Waals surface area contributed by atoms with Crippen LogP contribution in [0.15, 0.2) is 0 Å². The quantitative estimate of drug-likeness (QED) is 0.589. The van der Waals surface area contributed by atoms with E-state index < -0.39 is 0 Å². The molecule has 0 aliphatic carbocycles. The Balaban J connectivity index is 3.57. The van der Waals surface area contributed by atoms with Crippen LogP contribution in [0.4, 0.5) is 0 Å². The maximum Gasteiger partial charge on any atom is 0.0708 e. The topological polar surface area (TPSA) is 18.5 Å². The first-order chi connectivity index (χ1) is 6.33. The Bertz CT molecular complexity index is 132. The Labute approximate surface area is 89.0 Å². The SMILES string of the molecule is CCC(C)(C)OCCOC(C)(C)CC. The zero-order chi connectivity index (χ0) is 11.2. The van der Waals surface area contributed by atoms with E-state index in [1.165, 1.54) is 0 Å². The highest BCUT2D eigenvalue weighted by molar-refractivity contribution is 4.67. The maximum absolute atomic E-state index is 5.69. The molecule has 0 aromatic carbocycles. The van der Waals surface area contributed by atoms with E-state index in [1.54, 1.807) is 0 Å². The van der Waals surface area contributed by atoms with Gasteiger partial charge in [0.2, 0.25) is 0 Å². The smallest absolute Gasteiger partial charge is 0.0708 e. The van der Waals surface area contributed by atoms with Crippen LogP contribution in [-0.2, 0) is 9.47 Å². The molecule has 0 saturated heterocycles. The summed E-state index contributed by atoms with van der Waals surface area (Å²) in [5.41, 5.74) is -0.0283. The fourth-order valence-corrected chi connectivity index (χ4v) is 0.840. The van der Waals surface area contributed by atoms with Crippen LogP contribution < -0.4 is 0 Å². The summed E-state index contributed by atoms with van der Waals surface area (Å²) in [4.78, 5) is 0. The molecule has 0 aliphatic rings. The zero-order valence-electron chi connectivity index (χ0n) is 10.6. The van der Waals surface area contributed by atoms with Crippen LogP contribution in [0.1, 0.15) is 54.4 Å². The van der Waals surface area contributed by atoms with E-state index >= 15 is 0 Å². The van der Waals surface area contributed by atoms with Crippen molar-refractivity contribution in [3.63, 3.8) is 0 Å².